The molecule has 0 bridgehead atoms. The summed E-state index contributed by atoms with van der Waals surface area (Å²) in [4.78, 5) is 19.8. The lowest BCUT2D eigenvalue weighted by atomic mass is 10.1. The van der Waals surface area contributed by atoms with Gasteiger partial charge in [0.1, 0.15) is 0 Å². The van der Waals surface area contributed by atoms with Gasteiger partial charge in [0.2, 0.25) is 0 Å². The molecule has 0 amide bonds. The molecule has 0 aliphatic carbocycles. The third-order valence-electron chi connectivity index (χ3n) is 4.20. The van der Waals surface area contributed by atoms with E-state index in [1.807, 2.05) is 31.5 Å². The standard InChI is InChI=1S/C19H17N3OS/c1-13-12-24-19-20-16(10-18(23)22(13)19)11-21(2)17-8-7-14-5-3-4-6-15(14)9-17/h3-10,12H,11H2,1-2H3. The maximum Gasteiger partial charge on any atom is 0.259 e. The Kier molecular flexibility index (Phi) is 3.58. The van der Waals surface area contributed by atoms with E-state index in [4.69, 9.17) is 0 Å². The summed E-state index contributed by atoms with van der Waals surface area (Å²) in [6.45, 7) is 2.52. The normalized spacial score (nSPS) is 11.2. The van der Waals surface area contributed by atoms with Crippen LogP contribution in [0.5, 0.6) is 0 Å². The van der Waals surface area contributed by atoms with E-state index >= 15 is 0 Å². The van der Waals surface area contributed by atoms with Crippen molar-refractivity contribution in [2.45, 2.75) is 13.5 Å². The number of aromatic nitrogens is 2. The van der Waals surface area contributed by atoms with Gasteiger partial charge in [-0.2, -0.15) is 0 Å². The first kappa shape index (κ1) is 14.9. The molecule has 0 atom stereocenters. The van der Waals surface area contributed by atoms with Crippen molar-refractivity contribution in [2.24, 2.45) is 0 Å². The summed E-state index contributed by atoms with van der Waals surface area (Å²) in [5, 5.41) is 4.39. The van der Waals surface area contributed by atoms with Crippen LogP contribution in [0.1, 0.15) is 11.4 Å². The number of aryl methyl sites for hydroxylation is 1. The van der Waals surface area contributed by atoms with Gasteiger partial charge in [-0.25, -0.2) is 4.98 Å². The molecule has 2 aromatic carbocycles. The van der Waals surface area contributed by atoms with Crippen molar-refractivity contribution in [3.8, 4) is 0 Å². The first-order valence-corrected chi connectivity index (χ1v) is 8.66. The molecule has 5 heteroatoms. The first-order valence-electron chi connectivity index (χ1n) is 7.78. The highest BCUT2D eigenvalue weighted by molar-refractivity contribution is 7.15. The Bertz CT molecular complexity index is 1100. The number of anilines is 1. The van der Waals surface area contributed by atoms with Gasteiger partial charge in [-0.05, 0) is 29.8 Å². The fourth-order valence-corrected chi connectivity index (χ4v) is 3.82. The minimum atomic E-state index is -0.0133. The van der Waals surface area contributed by atoms with Crippen molar-refractivity contribution < 1.29 is 0 Å². The van der Waals surface area contributed by atoms with Crippen molar-refractivity contribution in [2.75, 3.05) is 11.9 Å². The van der Waals surface area contributed by atoms with E-state index in [0.29, 0.717) is 6.54 Å². The highest BCUT2D eigenvalue weighted by Crippen LogP contribution is 2.22. The Morgan fingerprint density at radius 1 is 1.12 bits per heavy atom. The summed E-state index contributed by atoms with van der Waals surface area (Å²) in [7, 11) is 2.02. The van der Waals surface area contributed by atoms with Crippen LogP contribution in [-0.2, 0) is 6.54 Å². The Morgan fingerprint density at radius 2 is 1.92 bits per heavy atom. The molecule has 0 N–H and O–H groups in total. The van der Waals surface area contributed by atoms with Gasteiger partial charge < -0.3 is 4.90 Å². The minimum Gasteiger partial charge on any atom is -0.369 e. The zero-order valence-electron chi connectivity index (χ0n) is 13.6. The van der Waals surface area contributed by atoms with Crippen molar-refractivity contribution in [1.29, 1.82) is 0 Å². The van der Waals surface area contributed by atoms with E-state index in [-0.39, 0.29) is 5.56 Å². The van der Waals surface area contributed by atoms with Crippen LogP contribution < -0.4 is 10.5 Å². The lowest BCUT2D eigenvalue weighted by Gasteiger charge is -2.19. The molecule has 0 aliphatic heterocycles. The van der Waals surface area contributed by atoms with Crippen LogP contribution in [0.15, 0.2) is 58.7 Å². The summed E-state index contributed by atoms with van der Waals surface area (Å²) >= 11 is 1.50. The van der Waals surface area contributed by atoms with Crippen molar-refractivity contribution in [3.05, 3.63) is 75.7 Å². The highest BCUT2D eigenvalue weighted by atomic mass is 32.1. The van der Waals surface area contributed by atoms with E-state index in [2.05, 4.69) is 40.2 Å². The van der Waals surface area contributed by atoms with Gasteiger partial charge in [-0.15, -0.1) is 11.3 Å². The Balaban J connectivity index is 1.67. The molecule has 4 rings (SSSR count). The van der Waals surface area contributed by atoms with Crippen LogP contribution in [0.3, 0.4) is 0 Å². The molecular weight excluding hydrogens is 318 g/mol. The van der Waals surface area contributed by atoms with Crippen molar-refractivity contribution in [3.63, 3.8) is 0 Å². The molecule has 0 saturated carbocycles. The Morgan fingerprint density at radius 3 is 2.75 bits per heavy atom. The Labute approximate surface area is 143 Å². The molecule has 4 nitrogen and oxygen atoms in total. The zero-order chi connectivity index (χ0) is 16.7. The molecule has 0 radical (unpaired) electrons. The molecule has 2 heterocycles. The Hall–Kier alpha value is -2.66. The maximum atomic E-state index is 12.3. The van der Waals surface area contributed by atoms with Crippen LogP contribution in [0.4, 0.5) is 5.69 Å². The van der Waals surface area contributed by atoms with Gasteiger partial charge in [0.05, 0.1) is 12.2 Å². The average molecular weight is 335 g/mol. The maximum absolute atomic E-state index is 12.3. The molecule has 24 heavy (non-hydrogen) atoms. The quantitative estimate of drug-likeness (QED) is 0.571. The van der Waals surface area contributed by atoms with Crippen LogP contribution in [0.25, 0.3) is 15.7 Å². The second-order valence-corrected chi connectivity index (χ2v) is 6.80. The number of benzene rings is 2. The second kappa shape index (κ2) is 5.76. The van der Waals surface area contributed by atoms with Crippen LogP contribution in [-0.4, -0.2) is 16.4 Å². The molecule has 0 fully saturated rings. The third kappa shape index (κ3) is 2.57. The van der Waals surface area contributed by atoms with Gasteiger partial charge >= 0.3 is 0 Å². The smallest absolute Gasteiger partial charge is 0.259 e. The van der Waals surface area contributed by atoms with E-state index in [0.717, 1.165) is 22.0 Å². The van der Waals surface area contributed by atoms with Gasteiger partial charge in [0.15, 0.2) is 4.96 Å². The predicted octanol–water partition coefficient (Wildman–Crippen LogP) is 3.85. The number of nitrogens with zero attached hydrogens (tertiary/aromatic N) is 3. The monoisotopic (exact) mass is 335 g/mol. The number of rotatable bonds is 3. The average Bonchev–Trinajstić information content (AvgIpc) is 2.96. The summed E-state index contributed by atoms with van der Waals surface area (Å²) < 4.78 is 1.66. The number of hydrogen-bond donors (Lipinski definition) is 0. The van der Waals surface area contributed by atoms with Crippen LogP contribution in [0, 0.1) is 6.92 Å². The van der Waals surface area contributed by atoms with Gasteiger partial charge in [-0.3, -0.25) is 9.20 Å². The zero-order valence-corrected chi connectivity index (χ0v) is 14.4. The SMILES string of the molecule is Cc1csc2nc(CN(C)c3ccc4ccccc4c3)cc(=O)n12. The highest BCUT2D eigenvalue weighted by Gasteiger charge is 2.09. The van der Waals surface area contributed by atoms with Gasteiger partial charge in [0.25, 0.3) is 5.56 Å². The topological polar surface area (TPSA) is 37.6 Å². The van der Waals surface area contributed by atoms with Crippen molar-refractivity contribution >= 4 is 32.8 Å². The lowest BCUT2D eigenvalue weighted by molar-refractivity contribution is 0.871. The van der Waals surface area contributed by atoms with E-state index < -0.39 is 0 Å². The molecule has 0 aliphatic rings. The summed E-state index contributed by atoms with van der Waals surface area (Å²) in [5.74, 6) is 0. The molecular formula is C19H17N3OS. The summed E-state index contributed by atoms with van der Waals surface area (Å²) in [5.41, 5.74) is 2.82. The molecule has 0 saturated heterocycles. The second-order valence-electron chi connectivity index (χ2n) is 5.97. The largest absolute Gasteiger partial charge is 0.369 e. The van der Waals surface area contributed by atoms with Crippen molar-refractivity contribution in [1.82, 2.24) is 9.38 Å². The summed E-state index contributed by atoms with van der Waals surface area (Å²) in [6, 6.07) is 16.3. The number of hydrogen-bond acceptors (Lipinski definition) is 4. The van der Waals surface area contributed by atoms with E-state index in [1.54, 1.807) is 10.5 Å². The summed E-state index contributed by atoms with van der Waals surface area (Å²) in [6.07, 6.45) is 0. The van der Waals surface area contributed by atoms with E-state index in [1.165, 1.54) is 22.1 Å². The van der Waals surface area contributed by atoms with Gasteiger partial charge in [-0.1, -0.05) is 30.3 Å². The molecule has 120 valence electrons. The third-order valence-corrected chi connectivity index (χ3v) is 5.15. The molecule has 0 unspecified atom stereocenters. The number of fused-ring (bicyclic) bond motifs is 2. The van der Waals surface area contributed by atoms with E-state index in [9.17, 15) is 4.79 Å². The number of thiazole rings is 1. The lowest BCUT2D eigenvalue weighted by Crippen LogP contribution is -2.21. The molecule has 4 aromatic rings. The van der Waals surface area contributed by atoms with Crippen LogP contribution in [0.2, 0.25) is 0 Å². The fourth-order valence-electron chi connectivity index (χ4n) is 2.93. The molecule has 0 spiro atoms. The van der Waals surface area contributed by atoms with Crippen LogP contribution >= 0.6 is 11.3 Å². The fraction of sp³-hybridized carbons (Fsp3) is 0.158. The minimum absolute atomic E-state index is 0.0133. The first-order chi connectivity index (χ1) is 11.6. The van der Waals surface area contributed by atoms with Gasteiger partial charge in [0, 0.05) is 29.9 Å². The predicted molar refractivity (Wildman–Crippen MR) is 100 cm³/mol. The molecule has 2 aromatic heterocycles.